The maximum atomic E-state index is 12.2. The highest BCUT2D eigenvalue weighted by Crippen LogP contribution is 2.25. The second-order valence-corrected chi connectivity index (χ2v) is 6.88. The van der Waals surface area contributed by atoms with E-state index < -0.39 is 10.0 Å². The summed E-state index contributed by atoms with van der Waals surface area (Å²) in [5.74, 6) is 0.590. The first-order valence-corrected chi connectivity index (χ1v) is 7.83. The summed E-state index contributed by atoms with van der Waals surface area (Å²) in [5.41, 5.74) is 6.09. The third-order valence-corrected chi connectivity index (χ3v) is 4.94. The van der Waals surface area contributed by atoms with Crippen LogP contribution in [0.15, 0.2) is 29.2 Å². The maximum Gasteiger partial charge on any atom is 0.240 e. The monoisotopic (exact) mass is 268 g/mol. The third kappa shape index (κ3) is 3.23. The van der Waals surface area contributed by atoms with E-state index >= 15 is 0 Å². The summed E-state index contributed by atoms with van der Waals surface area (Å²) in [7, 11) is -3.44. The number of anilines is 1. The van der Waals surface area contributed by atoms with Crippen LogP contribution < -0.4 is 10.5 Å². The predicted octanol–water partition coefficient (Wildman–Crippen LogP) is 2.13. The average molecular weight is 268 g/mol. The molecule has 3 N–H and O–H groups in total. The van der Waals surface area contributed by atoms with Crippen molar-refractivity contribution in [3.63, 3.8) is 0 Å². The lowest BCUT2D eigenvalue weighted by Gasteiger charge is -2.27. The van der Waals surface area contributed by atoms with Crippen LogP contribution >= 0.6 is 0 Å². The first kappa shape index (κ1) is 13.4. The molecule has 0 saturated heterocycles. The molecular weight excluding hydrogens is 248 g/mol. The minimum Gasteiger partial charge on any atom is -0.399 e. The van der Waals surface area contributed by atoms with Crippen LogP contribution in [-0.2, 0) is 10.0 Å². The van der Waals surface area contributed by atoms with Gasteiger partial charge in [-0.25, -0.2) is 13.1 Å². The number of sulfonamides is 1. The molecule has 1 aromatic rings. The van der Waals surface area contributed by atoms with Crippen LogP contribution in [0.2, 0.25) is 0 Å². The van der Waals surface area contributed by atoms with Crippen LogP contribution in [0.5, 0.6) is 0 Å². The number of nitrogens with two attached hydrogens (primary N) is 1. The van der Waals surface area contributed by atoms with Crippen molar-refractivity contribution >= 4 is 15.7 Å². The van der Waals surface area contributed by atoms with E-state index in [9.17, 15) is 8.42 Å². The molecule has 0 unspecified atom stereocenters. The number of nitrogen functional groups attached to an aromatic ring is 1. The van der Waals surface area contributed by atoms with Crippen molar-refractivity contribution in [2.45, 2.75) is 43.5 Å². The zero-order valence-electron chi connectivity index (χ0n) is 10.6. The molecule has 0 bridgehead atoms. The molecule has 5 heteroatoms. The topological polar surface area (TPSA) is 72.2 Å². The van der Waals surface area contributed by atoms with Crippen LogP contribution in [0.3, 0.4) is 0 Å². The first-order valence-electron chi connectivity index (χ1n) is 6.35. The number of hydrogen-bond donors (Lipinski definition) is 2. The van der Waals surface area contributed by atoms with E-state index in [4.69, 9.17) is 5.73 Å². The van der Waals surface area contributed by atoms with Crippen molar-refractivity contribution in [2.75, 3.05) is 5.73 Å². The van der Waals surface area contributed by atoms with Gasteiger partial charge in [-0.1, -0.05) is 25.8 Å². The molecule has 1 saturated carbocycles. The van der Waals surface area contributed by atoms with E-state index in [1.165, 1.54) is 12.5 Å². The fraction of sp³-hybridized carbons (Fsp3) is 0.538. The number of hydrogen-bond acceptors (Lipinski definition) is 3. The standard InChI is InChI=1S/C13H20N2O2S/c1-10-4-2-6-12(8-10)15-18(16,17)13-7-3-5-11(14)9-13/h3,5,7,9-10,12,15H,2,4,6,8,14H2,1H3/t10-,12+/m0/s1. The van der Waals surface area contributed by atoms with Crippen LogP contribution in [-0.4, -0.2) is 14.5 Å². The summed E-state index contributed by atoms with van der Waals surface area (Å²) >= 11 is 0. The lowest BCUT2D eigenvalue weighted by molar-refractivity contribution is 0.327. The summed E-state index contributed by atoms with van der Waals surface area (Å²) in [5, 5.41) is 0. The Morgan fingerprint density at radius 1 is 1.33 bits per heavy atom. The molecule has 1 aliphatic carbocycles. The summed E-state index contributed by atoms with van der Waals surface area (Å²) < 4.78 is 27.2. The zero-order valence-corrected chi connectivity index (χ0v) is 11.4. The quantitative estimate of drug-likeness (QED) is 0.825. The molecule has 1 fully saturated rings. The molecule has 0 radical (unpaired) electrons. The van der Waals surface area contributed by atoms with E-state index in [1.54, 1.807) is 18.2 Å². The van der Waals surface area contributed by atoms with E-state index in [0.717, 1.165) is 19.3 Å². The fourth-order valence-electron chi connectivity index (χ4n) is 2.51. The lowest BCUT2D eigenvalue weighted by Crippen LogP contribution is -2.37. The summed E-state index contributed by atoms with van der Waals surface area (Å²) in [6, 6.07) is 6.47. The molecule has 2 atom stereocenters. The Kier molecular flexibility index (Phi) is 3.92. The highest BCUT2D eigenvalue weighted by atomic mass is 32.2. The van der Waals surface area contributed by atoms with Gasteiger partial charge in [0.1, 0.15) is 0 Å². The summed E-state index contributed by atoms with van der Waals surface area (Å²) in [4.78, 5) is 0.251. The van der Waals surface area contributed by atoms with Crippen LogP contribution in [0.4, 0.5) is 5.69 Å². The Labute approximate surface area is 109 Å². The van der Waals surface area contributed by atoms with Gasteiger partial charge in [-0.3, -0.25) is 0 Å². The van der Waals surface area contributed by atoms with Gasteiger partial charge in [-0.05, 0) is 37.0 Å². The number of benzene rings is 1. The van der Waals surface area contributed by atoms with Gasteiger partial charge in [0.25, 0.3) is 0 Å². The van der Waals surface area contributed by atoms with Gasteiger partial charge in [0, 0.05) is 11.7 Å². The van der Waals surface area contributed by atoms with Crippen molar-refractivity contribution in [1.29, 1.82) is 0 Å². The molecule has 1 aliphatic rings. The highest BCUT2D eigenvalue weighted by Gasteiger charge is 2.24. The molecule has 0 aromatic heterocycles. The molecule has 0 amide bonds. The third-order valence-electron chi connectivity index (χ3n) is 3.43. The minimum absolute atomic E-state index is 0.0557. The van der Waals surface area contributed by atoms with Crippen molar-refractivity contribution < 1.29 is 8.42 Å². The second-order valence-electron chi connectivity index (χ2n) is 5.16. The van der Waals surface area contributed by atoms with E-state index in [1.807, 2.05) is 0 Å². The molecule has 0 heterocycles. The summed E-state index contributed by atoms with van der Waals surface area (Å²) in [6.07, 6.45) is 4.12. The largest absolute Gasteiger partial charge is 0.399 e. The smallest absolute Gasteiger partial charge is 0.240 e. The van der Waals surface area contributed by atoms with E-state index in [-0.39, 0.29) is 10.9 Å². The molecule has 1 aromatic carbocycles. The number of nitrogens with one attached hydrogen (secondary N) is 1. The maximum absolute atomic E-state index is 12.2. The van der Waals surface area contributed by atoms with Crippen LogP contribution in [0.25, 0.3) is 0 Å². The van der Waals surface area contributed by atoms with Gasteiger partial charge in [-0.2, -0.15) is 0 Å². The Bertz CT molecular complexity index is 513. The molecule has 0 spiro atoms. The number of rotatable bonds is 3. The Morgan fingerprint density at radius 2 is 2.11 bits per heavy atom. The molecular formula is C13H20N2O2S. The average Bonchev–Trinajstić information content (AvgIpc) is 2.28. The Morgan fingerprint density at radius 3 is 2.78 bits per heavy atom. The SMILES string of the molecule is C[C@H]1CCC[C@@H](NS(=O)(=O)c2cccc(N)c2)C1. The normalized spacial score (nSPS) is 24.9. The van der Waals surface area contributed by atoms with Gasteiger partial charge >= 0.3 is 0 Å². The van der Waals surface area contributed by atoms with Gasteiger partial charge in [0.05, 0.1) is 4.90 Å². The van der Waals surface area contributed by atoms with Crippen LogP contribution in [0, 0.1) is 5.92 Å². The van der Waals surface area contributed by atoms with Gasteiger partial charge < -0.3 is 5.73 Å². The molecule has 2 rings (SSSR count). The van der Waals surface area contributed by atoms with Gasteiger partial charge in [-0.15, -0.1) is 0 Å². The Hall–Kier alpha value is -1.07. The van der Waals surface area contributed by atoms with Gasteiger partial charge in [0.2, 0.25) is 10.0 Å². The van der Waals surface area contributed by atoms with E-state index in [0.29, 0.717) is 11.6 Å². The molecule has 18 heavy (non-hydrogen) atoms. The minimum atomic E-state index is -3.44. The van der Waals surface area contributed by atoms with Crippen LogP contribution in [0.1, 0.15) is 32.6 Å². The van der Waals surface area contributed by atoms with Crippen molar-refractivity contribution in [3.05, 3.63) is 24.3 Å². The van der Waals surface area contributed by atoms with Crippen molar-refractivity contribution in [2.24, 2.45) is 5.92 Å². The zero-order chi connectivity index (χ0) is 13.2. The molecule has 100 valence electrons. The fourth-order valence-corrected chi connectivity index (χ4v) is 3.85. The molecule has 4 nitrogen and oxygen atoms in total. The Balaban J connectivity index is 2.12. The summed E-state index contributed by atoms with van der Waals surface area (Å²) in [6.45, 7) is 2.17. The van der Waals surface area contributed by atoms with E-state index in [2.05, 4.69) is 11.6 Å². The second kappa shape index (κ2) is 5.28. The molecule has 0 aliphatic heterocycles. The lowest BCUT2D eigenvalue weighted by atomic mass is 9.88. The van der Waals surface area contributed by atoms with Crippen molar-refractivity contribution in [3.8, 4) is 0 Å². The highest BCUT2D eigenvalue weighted by molar-refractivity contribution is 7.89. The predicted molar refractivity (Wildman–Crippen MR) is 72.6 cm³/mol. The van der Waals surface area contributed by atoms with Crippen molar-refractivity contribution in [1.82, 2.24) is 4.72 Å². The van der Waals surface area contributed by atoms with Gasteiger partial charge in [0.15, 0.2) is 0 Å². The first-order chi connectivity index (χ1) is 8.47.